The maximum Gasteiger partial charge on any atom is 0.416 e. The molecule has 1 saturated heterocycles. The summed E-state index contributed by atoms with van der Waals surface area (Å²) in [7, 11) is 0. The highest BCUT2D eigenvalue weighted by Gasteiger charge is 2.44. The maximum absolute atomic E-state index is 12.9. The topological polar surface area (TPSA) is 53.5 Å². The molecule has 22 heavy (non-hydrogen) atoms. The zero-order valence-corrected chi connectivity index (χ0v) is 12.0. The van der Waals surface area contributed by atoms with Gasteiger partial charge in [0.25, 0.3) is 5.91 Å². The van der Waals surface area contributed by atoms with E-state index in [0.29, 0.717) is 37.1 Å². The first-order chi connectivity index (χ1) is 10.3. The number of carbonyl (C=O) groups is 1. The second kappa shape index (κ2) is 5.08. The van der Waals surface area contributed by atoms with E-state index in [9.17, 15) is 18.0 Å². The van der Waals surface area contributed by atoms with Crippen LogP contribution in [-0.4, -0.2) is 30.4 Å². The molecule has 4 nitrogen and oxygen atoms in total. The number of rotatable bonds is 1. The van der Waals surface area contributed by atoms with Gasteiger partial charge in [-0.05, 0) is 50.6 Å². The molecule has 0 radical (unpaired) electrons. The summed E-state index contributed by atoms with van der Waals surface area (Å²) in [6.45, 7) is 3.05. The van der Waals surface area contributed by atoms with E-state index in [1.54, 1.807) is 6.92 Å². The van der Waals surface area contributed by atoms with Crippen LogP contribution in [0, 0.1) is 6.92 Å². The number of amidine groups is 1. The SMILES string of the molecule is Cc1ccc(C(F)(F)F)cc1C1=NC2(CCNCC2)C(=O)N1. The lowest BCUT2D eigenvalue weighted by atomic mass is 9.89. The van der Waals surface area contributed by atoms with Crippen molar-refractivity contribution >= 4 is 11.7 Å². The van der Waals surface area contributed by atoms with Crippen molar-refractivity contribution in [3.8, 4) is 0 Å². The fraction of sp³-hybridized carbons (Fsp3) is 0.467. The molecule has 2 aliphatic heterocycles. The maximum atomic E-state index is 12.9. The van der Waals surface area contributed by atoms with Crippen molar-refractivity contribution in [1.29, 1.82) is 0 Å². The Hall–Kier alpha value is -1.89. The number of piperidine rings is 1. The number of benzene rings is 1. The first-order valence-corrected chi connectivity index (χ1v) is 7.12. The number of aryl methyl sites for hydroxylation is 1. The number of hydrogen-bond donors (Lipinski definition) is 2. The largest absolute Gasteiger partial charge is 0.416 e. The van der Waals surface area contributed by atoms with Gasteiger partial charge in [0.1, 0.15) is 11.4 Å². The Kier molecular flexibility index (Phi) is 3.47. The highest BCUT2D eigenvalue weighted by Crippen LogP contribution is 2.33. The molecule has 0 aromatic heterocycles. The minimum Gasteiger partial charge on any atom is -0.317 e. The molecule has 1 aromatic rings. The highest BCUT2D eigenvalue weighted by molar-refractivity contribution is 6.16. The Bertz CT molecular complexity index is 646. The van der Waals surface area contributed by atoms with Gasteiger partial charge in [-0.1, -0.05) is 6.07 Å². The van der Waals surface area contributed by atoms with Crippen LogP contribution in [0.1, 0.15) is 29.5 Å². The van der Waals surface area contributed by atoms with Crippen LogP contribution < -0.4 is 10.6 Å². The molecule has 0 aliphatic carbocycles. The zero-order valence-electron chi connectivity index (χ0n) is 12.0. The normalized spacial score (nSPS) is 20.9. The molecule has 3 rings (SSSR count). The second-order valence-corrected chi connectivity index (χ2v) is 5.72. The van der Waals surface area contributed by atoms with Gasteiger partial charge < -0.3 is 10.6 Å². The fourth-order valence-electron chi connectivity index (χ4n) is 2.88. The Morgan fingerprint density at radius 2 is 1.91 bits per heavy atom. The van der Waals surface area contributed by atoms with Gasteiger partial charge in [0.2, 0.25) is 0 Å². The van der Waals surface area contributed by atoms with Gasteiger partial charge in [0.15, 0.2) is 0 Å². The highest BCUT2D eigenvalue weighted by atomic mass is 19.4. The third-order valence-corrected chi connectivity index (χ3v) is 4.23. The molecule has 2 heterocycles. The van der Waals surface area contributed by atoms with E-state index in [-0.39, 0.29) is 11.7 Å². The standard InChI is InChI=1S/C15H16F3N3O/c1-9-2-3-10(15(16,17)18)8-11(9)12-20-13(22)14(21-12)4-6-19-7-5-14/h2-3,8,19H,4-7H2,1H3,(H,20,21,22). The van der Waals surface area contributed by atoms with Crippen LogP contribution in [0.4, 0.5) is 13.2 Å². The lowest BCUT2D eigenvalue weighted by Crippen LogP contribution is -2.47. The summed E-state index contributed by atoms with van der Waals surface area (Å²) in [5.74, 6) is 0.0244. The molecule has 1 fully saturated rings. The van der Waals surface area contributed by atoms with E-state index in [1.165, 1.54) is 6.07 Å². The summed E-state index contributed by atoms with van der Waals surface area (Å²) in [5.41, 5.74) is -0.589. The van der Waals surface area contributed by atoms with Gasteiger partial charge in [-0.15, -0.1) is 0 Å². The van der Waals surface area contributed by atoms with Crippen LogP contribution in [0.5, 0.6) is 0 Å². The van der Waals surface area contributed by atoms with E-state index in [2.05, 4.69) is 15.6 Å². The molecule has 0 saturated carbocycles. The van der Waals surface area contributed by atoms with E-state index >= 15 is 0 Å². The predicted octanol–water partition coefficient (Wildman–Crippen LogP) is 2.01. The number of hydrogen-bond acceptors (Lipinski definition) is 3. The molecule has 0 unspecified atom stereocenters. The summed E-state index contributed by atoms with van der Waals surface area (Å²) >= 11 is 0. The average Bonchev–Trinajstić information content (AvgIpc) is 2.76. The zero-order chi connectivity index (χ0) is 16.0. The van der Waals surface area contributed by atoms with E-state index < -0.39 is 17.3 Å². The average molecular weight is 311 g/mol. The van der Waals surface area contributed by atoms with Crippen LogP contribution >= 0.6 is 0 Å². The molecule has 0 bridgehead atoms. The van der Waals surface area contributed by atoms with Crippen LogP contribution in [0.15, 0.2) is 23.2 Å². The molecule has 1 aromatic carbocycles. The Morgan fingerprint density at radius 3 is 2.55 bits per heavy atom. The smallest absolute Gasteiger partial charge is 0.317 e. The van der Waals surface area contributed by atoms with Gasteiger partial charge in [-0.25, -0.2) is 0 Å². The molecule has 1 spiro atoms. The second-order valence-electron chi connectivity index (χ2n) is 5.72. The number of halogens is 3. The van der Waals surface area contributed by atoms with Gasteiger partial charge >= 0.3 is 6.18 Å². The van der Waals surface area contributed by atoms with Crippen LogP contribution in [0.3, 0.4) is 0 Å². The van der Waals surface area contributed by atoms with Crippen molar-refractivity contribution in [2.45, 2.75) is 31.5 Å². The van der Waals surface area contributed by atoms with Crippen molar-refractivity contribution in [1.82, 2.24) is 10.6 Å². The molecule has 7 heteroatoms. The number of nitrogens with zero attached hydrogens (tertiary/aromatic N) is 1. The quantitative estimate of drug-likeness (QED) is 0.833. The Morgan fingerprint density at radius 1 is 1.23 bits per heavy atom. The minimum absolute atomic E-state index is 0.221. The Balaban J connectivity index is 2.01. The number of nitrogens with one attached hydrogen (secondary N) is 2. The molecule has 0 atom stereocenters. The lowest BCUT2D eigenvalue weighted by Gasteiger charge is -2.28. The molecule has 2 N–H and O–H groups in total. The van der Waals surface area contributed by atoms with Crippen molar-refractivity contribution in [2.75, 3.05) is 13.1 Å². The van der Waals surface area contributed by atoms with Crippen molar-refractivity contribution < 1.29 is 18.0 Å². The number of aliphatic imine (C=N–C) groups is 1. The van der Waals surface area contributed by atoms with Crippen LogP contribution in [0.25, 0.3) is 0 Å². The third-order valence-electron chi connectivity index (χ3n) is 4.23. The summed E-state index contributed by atoms with van der Waals surface area (Å²) in [6.07, 6.45) is -3.31. The number of amides is 1. The van der Waals surface area contributed by atoms with E-state index in [4.69, 9.17) is 0 Å². The van der Waals surface area contributed by atoms with Gasteiger partial charge in [0.05, 0.1) is 5.56 Å². The first-order valence-electron chi connectivity index (χ1n) is 7.12. The monoisotopic (exact) mass is 311 g/mol. The van der Waals surface area contributed by atoms with Gasteiger partial charge in [-0.3, -0.25) is 9.79 Å². The summed E-state index contributed by atoms with van der Waals surface area (Å²) < 4.78 is 38.6. The first kappa shape index (κ1) is 15.0. The van der Waals surface area contributed by atoms with E-state index in [0.717, 1.165) is 12.1 Å². The summed E-state index contributed by atoms with van der Waals surface area (Å²) in [4.78, 5) is 16.7. The molecular formula is C15H16F3N3O. The molecule has 2 aliphatic rings. The summed E-state index contributed by atoms with van der Waals surface area (Å²) in [6, 6.07) is 3.49. The van der Waals surface area contributed by atoms with Gasteiger partial charge in [0, 0.05) is 5.56 Å². The molecule has 1 amide bonds. The molecular weight excluding hydrogens is 295 g/mol. The van der Waals surface area contributed by atoms with E-state index in [1.807, 2.05) is 0 Å². The fourth-order valence-corrected chi connectivity index (χ4v) is 2.88. The predicted molar refractivity (Wildman–Crippen MR) is 75.7 cm³/mol. The number of carbonyl (C=O) groups excluding carboxylic acids is 1. The summed E-state index contributed by atoms with van der Waals surface area (Å²) in [5, 5.41) is 5.82. The van der Waals surface area contributed by atoms with Crippen LogP contribution in [0.2, 0.25) is 0 Å². The van der Waals surface area contributed by atoms with Crippen molar-refractivity contribution in [3.63, 3.8) is 0 Å². The lowest BCUT2D eigenvalue weighted by molar-refractivity contribution is -0.137. The molecule has 118 valence electrons. The number of alkyl halides is 3. The minimum atomic E-state index is -4.42. The van der Waals surface area contributed by atoms with Crippen LogP contribution in [-0.2, 0) is 11.0 Å². The van der Waals surface area contributed by atoms with Crippen molar-refractivity contribution in [2.24, 2.45) is 4.99 Å². The van der Waals surface area contributed by atoms with Crippen molar-refractivity contribution in [3.05, 3.63) is 34.9 Å². The Labute approximate surface area is 125 Å². The van der Waals surface area contributed by atoms with Gasteiger partial charge in [-0.2, -0.15) is 13.2 Å². The third kappa shape index (κ3) is 2.49.